The van der Waals surface area contributed by atoms with Crippen LogP contribution in [0.1, 0.15) is 43.6 Å². The molecule has 0 bridgehead atoms. The van der Waals surface area contributed by atoms with Crippen molar-refractivity contribution >= 4 is 16.8 Å². The first-order chi connectivity index (χ1) is 12.2. The van der Waals surface area contributed by atoms with Gasteiger partial charge < -0.3 is 14.6 Å². The fourth-order valence-electron chi connectivity index (χ4n) is 4.23. The first-order valence-corrected chi connectivity index (χ1v) is 9.33. The molecule has 134 valence electrons. The molecule has 2 saturated heterocycles. The number of carbonyl (C=O) groups is 1. The maximum atomic E-state index is 13.3. The molecule has 1 N–H and O–H groups in total. The van der Waals surface area contributed by atoms with Gasteiger partial charge in [0, 0.05) is 49.8 Å². The van der Waals surface area contributed by atoms with Crippen LogP contribution in [-0.2, 0) is 9.53 Å². The van der Waals surface area contributed by atoms with Crippen molar-refractivity contribution in [2.45, 2.75) is 38.0 Å². The molecule has 2 aliphatic heterocycles. The molecule has 1 aromatic carbocycles. The lowest BCUT2D eigenvalue weighted by Crippen LogP contribution is -2.39. The van der Waals surface area contributed by atoms with Gasteiger partial charge in [0.2, 0.25) is 5.91 Å². The monoisotopic (exact) mass is 344 g/mol. The van der Waals surface area contributed by atoms with E-state index in [1.165, 1.54) is 11.6 Å². The van der Waals surface area contributed by atoms with E-state index in [0.717, 1.165) is 62.9 Å². The second-order valence-electron chi connectivity index (χ2n) is 7.35. The summed E-state index contributed by atoms with van der Waals surface area (Å²) in [7, 11) is 0. The fourth-order valence-corrected chi connectivity index (χ4v) is 4.23. The summed E-state index contributed by atoms with van der Waals surface area (Å²) in [4.78, 5) is 17.8. The Balaban J connectivity index is 1.36. The second kappa shape index (κ2) is 7.16. The molecule has 0 spiro atoms. The van der Waals surface area contributed by atoms with Gasteiger partial charge >= 0.3 is 0 Å². The predicted octanol–water partition coefficient (Wildman–Crippen LogP) is 3.83. The van der Waals surface area contributed by atoms with E-state index >= 15 is 0 Å². The van der Waals surface area contributed by atoms with Gasteiger partial charge in [-0.25, -0.2) is 4.39 Å². The van der Waals surface area contributed by atoms with Gasteiger partial charge in [0.25, 0.3) is 0 Å². The molecule has 3 heterocycles. The first kappa shape index (κ1) is 16.6. The van der Waals surface area contributed by atoms with Gasteiger partial charge in [-0.3, -0.25) is 4.79 Å². The number of hydrogen-bond donors (Lipinski definition) is 1. The summed E-state index contributed by atoms with van der Waals surface area (Å²) in [6.07, 6.45) is 6.64. The number of carbonyl (C=O) groups excluding carboxylic acids is 1. The van der Waals surface area contributed by atoms with Crippen LogP contribution < -0.4 is 0 Å². The third-order valence-electron chi connectivity index (χ3n) is 5.77. The molecule has 1 amide bonds. The highest BCUT2D eigenvalue weighted by Gasteiger charge is 2.27. The standard InChI is InChI=1S/C20H25FN2O2/c21-16-1-2-17-18(13-22-19(17)12-16)15-3-7-23(8-4-15)20(24)11-14-5-9-25-10-6-14/h1-2,12-15,22H,3-11H2. The summed E-state index contributed by atoms with van der Waals surface area (Å²) in [5.74, 6) is 1.01. The van der Waals surface area contributed by atoms with Gasteiger partial charge in [-0.15, -0.1) is 0 Å². The number of nitrogens with one attached hydrogen (secondary N) is 1. The molecular weight excluding hydrogens is 319 g/mol. The number of nitrogens with zero attached hydrogens (tertiary/aromatic N) is 1. The van der Waals surface area contributed by atoms with Crippen LogP contribution >= 0.6 is 0 Å². The quantitative estimate of drug-likeness (QED) is 0.920. The van der Waals surface area contributed by atoms with Crippen LogP contribution in [0.4, 0.5) is 4.39 Å². The Morgan fingerprint density at radius 3 is 2.72 bits per heavy atom. The second-order valence-corrected chi connectivity index (χ2v) is 7.35. The molecule has 5 heteroatoms. The zero-order valence-electron chi connectivity index (χ0n) is 14.5. The number of hydrogen-bond acceptors (Lipinski definition) is 2. The maximum Gasteiger partial charge on any atom is 0.222 e. The summed E-state index contributed by atoms with van der Waals surface area (Å²) in [5.41, 5.74) is 2.11. The smallest absolute Gasteiger partial charge is 0.222 e. The molecule has 2 fully saturated rings. The number of ether oxygens (including phenoxy) is 1. The van der Waals surface area contributed by atoms with Crippen molar-refractivity contribution in [3.05, 3.63) is 35.8 Å². The van der Waals surface area contributed by atoms with E-state index in [1.54, 1.807) is 6.07 Å². The van der Waals surface area contributed by atoms with Crippen LogP contribution in [0.5, 0.6) is 0 Å². The maximum absolute atomic E-state index is 13.3. The Hall–Kier alpha value is -1.88. The van der Waals surface area contributed by atoms with Crippen molar-refractivity contribution in [2.24, 2.45) is 5.92 Å². The normalized spacial score (nSPS) is 20.3. The van der Waals surface area contributed by atoms with E-state index in [2.05, 4.69) is 4.98 Å². The van der Waals surface area contributed by atoms with Crippen LogP contribution in [-0.4, -0.2) is 42.1 Å². The third-order valence-corrected chi connectivity index (χ3v) is 5.77. The Labute approximate surface area is 147 Å². The van der Waals surface area contributed by atoms with Crippen molar-refractivity contribution in [1.82, 2.24) is 9.88 Å². The van der Waals surface area contributed by atoms with Crippen LogP contribution in [0.2, 0.25) is 0 Å². The first-order valence-electron chi connectivity index (χ1n) is 9.33. The largest absolute Gasteiger partial charge is 0.381 e. The van der Waals surface area contributed by atoms with Crippen molar-refractivity contribution in [3.8, 4) is 0 Å². The zero-order chi connectivity index (χ0) is 17.2. The van der Waals surface area contributed by atoms with Gasteiger partial charge in [0.15, 0.2) is 0 Å². The number of piperidine rings is 1. The van der Waals surface area contributed by atoms with Gasteiger partial charge in [-0.1, -0.05) is 0 Å². The summed E-state index contributed by atoms with van der Waals surface area (Å²) in [5, 5.41) is 1.10. The Kier molecular flexibility index (Phi) is 4.75. The number of halogens is 1. The molecular formula is C20H25FN2O2. The number of benzene rings is 1. The minimum absolute atomic E-state index is 0.213. The summed E-state index contributed by atoms with van der Waals surface area (Å²) in [6, 6.07) is 4.93. The van der Waals surface area contributed by atoms with E-state index in [1.807, 2.05) is 17.2 Å². The van der Waals surface area contributed by atoms with E-state index < -0.39 is 0 Å². The molecule has 0 saturated carbocycles. The average molecular weight is 344 g/mol. The lowest BCUT2D eigenvalue weighted by molar-refractivity contribution is -0.133. The van der Waals surface area contributed by atoms with E-state index in [-0.39, 0.29) is 5.82 Å². The molecule has 25 heavy (non-hydrogen) atoms. The highest BCUT2D eigenvalue weighted by Crippen LogP contribution is 2.34. The predicted molar refractivity (Wildman–Crippen MR) is 95.0 cm³/mol. The number of H-pyrrole nitrogens is 1. The number of amides is 1. The van der Waals surface area contributed by atoms with Crippen LogP contribution in [0.15, 0.2) is 24.4 Å². The average Bonchev–Trinajstić information content (AvgIpc) is 3.05. The molecule has 0 unspecified atom stereocenters. The van der Waals surface area contributed by atoms with Gasteiger partial charge in [-0.2, -0.15) is 0 Å². The molecule has 4 rings (SSSR count). The SMILES string of the molecule is O=C(CC1CCOCC1)N1CCC(c2c[nH]c3cc(F)ccc23)CC1. The summed E-state index contributed by atoms with van der Waals surface area (Å²) in [6.45, 7) is 3.23. The third kappa shape index (κ3) is 3.56. The lowest BCUT2D eigenvalue weighted by Gasteiger charge is -2.33. The number of aromatic amines is 1. The number of likely N-dealkylation sites (tertiary alicyclic amines) is 1. The van der Waals surface area contributed by atoms with Crippen LogP contribution in [0.25, 0.3) is 10.9 Å². The summed E-state index contributed by atoms with van der Waals surface area (Å²) >= 11 is 0. The molecule has 0 aliphatic carbocycles. The minimum Gasteiger partial charge on any atom is -0.381 e. The molecule has 4 nitrogen and oxygen atoms in total. The Bertz CT molecular complexity index is 743. The number of rotatable bonds is 3. The van der Waals surface area contributed by atoms with Crippen LogP contribution in [0.3, 0.4) is 0 Å². The molecule has 0 radical (unpaired) electrons. The molecule has 2 aromatic rings. The highest BCUT2D eigenvalue weighted by atomic mass is 19.1. The topological polar surface area (TPSA) is 45.3 Å². The van der Waals surface area contributed by atoms with Gasteiger partial charge in [-0.05, 0) is 61.3 Å². The number of fused-ring (bicyclic) bond motifs is 1. The van der Waals surface area contributed by atoms with Crippen molar-refractivity contribution in [3.63, 3.8) is 0 Å². The Morgan fingerprint density at radius 2 is 1.96 bits per heavy atom. The highest BCUT2D eigenvalue weighted by molar-refractivity contribution is 5.84. The van der Waals surface area contributed by atoms with Crippen molar-refractivity contribution < 1.29 is 13.9 Å². The minimum atomic E-state index is -0.213. The molecule has 0 atom stereocenters. The number of aromatic nitrogens is 1. The van der Waals surface area contributed by atoms with E-state index in [9.17, 15) is 9.18 Å². The van der Waals surface area contributed by atoms with E-state index in [4.69, 9.17) is 4.74 Å². The fraction of sp³-hybridized carbons (Fsp3) is 0.550. The van der Waals surface area contributed by atoms with Gasteiger partial charge in [0.1, 0.15) is 5.82 Å². The molecule has 2 aliphatic rings. The van der Waals surface area contributed by atoms with Crippen LogP contribution in [0, 0.1) is 11.7 Å². The molecule has 1 aromatic heterocycles. The van der Waals surface area contributed by atoms with Crippen molar-refractivity contribution in [2.75, 3.05) is 26.3 Å². The zero-order valence-corrected chi connectivity index (χ0v) is 14.5. The Morgan fingerprint density at radius 1 is 1.20 bits per heavy atom. The van der Waals surface area contributed by atoms with Crippen molar-refractivity contribution in [1.29, 1.82) is 0 Å². The van der Waals surface area contributed by atoms with Gasteiger partial charge in [0.05, 0.1) is 0 Å². The lowest BCUT2D eigenvalue weighted by atomic mass is 9.88. The summed E-state index contributed by atoms with van der Waals surface area (Å²) < 4.78 is 18.7. The van der Waals surface area contributed by atoms with E-state index in [0.29, 0.717) is 24.2 Å².